The van der Waals surface area contributed by atoms with Gasteiger partial charge in [0.2, 0.25) is 0 Å². The van der Waals surface area contributed by atoms with E-state index in [0.29, 0.717) is 25.3 Å². The molecule has 0 bridgehead atoms. The molecule has 2 aromatic carbocycles. The van der Waals surface area contributed by atoms with E-state index in [1.165, 1.54) is 5.56 Å². The summed E-state index contributed by atoms with van der Waals surface area (Å²) in [6.07, 6.45) is 2.18. The van der Waals surface area contributed by atoms with Crippen LogP contribution in [-0.4, -0.2) is 31.8 Å². The molecule has 144 valence electrons. The minimum atomic E-state index is -0.106. The molecule has 1 atom stereocenters. The molecule has 1 aliphatic heterocycles. The van der Waals surface area contributed by atoms with E-state index in [9.17, 15) is 4.79 Å². The summed E-state index contributed by atoms with van der Waals surface area (Å²) in [5, 5.41) is 2.95. The van der Waals surface area contributed by atoms with Crippen LogP contribution in [0.25, 0.3) is 0 Å². The fourth-order valence-corrected chi connectivity index (χ4v) is 3.04. The van der Waals surface area contributed by atoms with Crippen LogP contribution in [-0.2, 0) is 11.3 Å². The maximum Gasteiger partial charge on any atom is 0.251 e. The normalized spacial score (nSPS) is 16.1. The largest absolute Gasteiger partial charge is 0.493 e. The second-order valence-electron chi connectivity index (χ2n) is 6.70. The van der Waals surface area contributed by atoms with Gasteiger partial charge in [-0.2, -0.15) is 0 Å². The van der Waals surface area contributed by atoms with Crippen molar-refractivity contribution in [2.24, 2.45) is 0 Å². The zero-order valence-corrected chi connectivity index (χ0v) is 16.0. The number of hydrogen-bond donors (Lipinski definition) is 1. The lowest BCUT2D eigenvalue weighted by molar-refractivity contribution is 0.0857. The van der Waals surface area contributed by atoms with Crippen molar-refractivity contribution in [3.05, 3.63) is 59.2 Å². The van der Waals surface area contributed by atoms with E-state index < -0.39 is 0 Å². The van der Waals surface area contributed by atoms with Crippen molar-refractivity contribution in [1.82, 2.24) is 5.32 Å². The molecule has 0 aromatic heterocycles. The van der Waals surface area contributed by atoms with Gasteiger partial charge in [0.05, 0.1) is 12.7 Å². The van der Waals surface area contributed by atoms with Gasteiger partial charge >= 0.3 is 0 Å². The van der Waals surface area contributed by atoms with Gasteiger partial charge in [-0.3, -0.25) is 4.79 Å². The Morgan fingerprint density at radius 2 is 2.00 bits per heavy atom. The van der Waals surface area contributed by atoms with Gasteiger partial charge in [-0.25, -0.2) is 0 Å². The van der Waals surface area contributed by atoms with Crippen LogP contribution in [0.4, 0.5) is 0 Å². The van der Waals surface area contributed by atoms with Crippen LogP contribution in [0.5, 0.6) is 11.5 Å². The summed E-state index contributed by atoms with van der Waals surface area (Å²) in [6, 6.07) is 13.3. The van der Waals surface area contributed by atoms with E-state index in [2.05, 4.69) is 5.32 Å². The Balaban J connectivity index is 1.67. The van der Waals surface area contributed by atoms with Gasteiger partial charge in [0.25, 0.3) is 5.91 Å². The summed E-state index contributed by atoms with van der Waals surface area (Å²) in [6.45, 7) is 6.20. The second kappa shape index (κ2) is 9.42. The number of hydrogen-bond acceptors (Lipinski definition) is 4. The minimum absolute atomic E-state index is 0.106. The molecule has 1 unspecified atom stereocenters. The Kier molecular flexibility index (Phi) is 6.71. The molecule has 1 heterocycles. The van der Waals surface area contributed by atoms with E-state index >= 15 is 0 Å². The molecule has 1 saturated heterocycles. The zero-order valence-electron chi connectivity index (χ0n) is 16.0. The summed E-state index contributed by atoms with van der Waals surface area (Å²) in [5.41, 5.74) is 2.63. The van der Waals surface area contributed by atoms with E-state index in [4.69, 9.17) is 14.2 Å². The van der Waals surface area contributed by atoms with Gasteiger partial charge in [-0.05, 0) is 57.0 Å². The topological polar surface area (TPSA) is 56.8 Å². The van der Waals surface area contributed by atoms with Gasteiger partial charge in [0.1, 0.15) is 18.1 Å². The zero-order chi connectivity index (χ0) is 19.1. The highest BCUT2D eigenvalue weighted by Crippen LogP contribution is 2.23. The molecule has 1 aliphatic rings. The third-order valence-corrected chi connectivity index (χ3v) is 4.55. The lowest BCUT2D eigenvalue weighted by atomic mass is 10.1. The van der Waals surface area contributed by atoms with Crippen molar-refractivity contribution in [2.45, 2.75) is 39.4 Å². The molecule has 0 aliphatic carbocycles. The number of amides is 1. The number of carbonyl (C=O) groups is 1. The molecule has 0 radical (unpaired) electrons. The summed E-state index contributed by atoms with van der Waals surface area (Å²) in [4.78, 5) is 12.5. The van der Waals surface area contributed by atoms with Gasteiger partial charge in [-0.15, -0.1) is 0 Å². The smallest absolute Gasteiger partial charge is 0.251 e. The molecular formula is C22H27NO4. The number of rotatable bonds is 8. The molecule has 1 fully saturated rings. The first-order valence-electron chi connectivity index (χ1n) is 9.50. The molecule has 2 aromatic rings. The molecule has 5 heteroatoms. The summed E-state index contributed by atoms with van der Waals surface area (Å²) in [5.74, 6) is 1.42. The molecule has 1 N–H and O–H groups in total. The Labute approximate surface area is 160 Å². The number of carbonyl (C=O) groups excluding carboxylic acids is 1. The lowest BCUT2D eigenvalue weighted by Gasteiger charge is -2.14. The molecule has 5 nitrogen and oxygen atoms in total. The van der Waals surface area contributed by atoms with E-state index in [1.807, 2.05) is 50.2 Å². The second-order valence-corrected chi connectivity index (χ2v) is 6.70. The highest BCUT2D eigenvalue weighted by molar-refractivity contribution is 5.94. The number of nitrogens with one attached hydrogen (secondary N) is 1. The van der Waals surface area contributed by atoms with Crippen LogP contribution in [0.2, 0.25) is 0 Å². The van der Waals surface area contributed by atoms with Crippen LogP contribution in [0, 0.1) is 6.92 Å². The van der Waals surface area contributed by atoms with Crippen molar-refractivity contribution >= 4 is 5.91 Å². The van der Waals surface area contributed by atoms with Crippen molar-refractivity contribution in [1.29, 1.82) is 0 Å². The first kappa shape index (κ1) is 19.2. The van der Waals surface area contributed by atoms with Crippen LogP contribution in [0.3, 0.4) is 0 Å². The highest BCUT2D eigenvalue weighted by Gasteiger charge is 2.17. The first-order valence-corrected chi connectivity index (χ1v) is 9.50. The maximum absolute atomic E-state index is 12.5. The first-order chi connectivity index (χ1) is 13.2. The third-order valence-electron chi connectivity index (χ3n) is 4.55. The molecule has 1 amide bonds. The Bertz CT molecular complexity index is 751. The van der Waals surface area contributed by atoms with Crippen LogP contribution in [0.1, 0.15) is 41.3 Å². The van der Waals surface area contributed by atoms with Crippen molar-refractivity contribution in [3.8, 4) is 11.5 Å². The predicted molar refractivity (Wildman–Crippen MR) is 104 cm³/mol. The Hall–Kier alpha value is -2.53. The van der Waals surface area contributed by atoms with Crippen molar-refractivity contribution in [3.63, 3.8) is 0 Å². The van der Waals surface area contributed by atoms with Crippen molar-refractivity contribution < 1.29 is 19.0 Å². The summed E-state index contributed by atoms with van der Waals surface area (Å²) < 4.78 is 17.1. The van der Waals surface area contributed by atoms with Crippen LogP contribution < -0.4 is 14.8 Å². The van der Waals surface area contributed by atoms with Gasteiger partial charge < -0.3 is 19.5 Å². The Morgan fingerprint density at radius 3 is 2.70 bits per heavy atom. The highest BCUT2D eigenvalue weighted by atomic mass is 16.5. The van der Waals surface area contributed by atoms with Crippen molar-refractivity contribution in [2.75, 3.05) is 19.8 Å². The van der Waals surface area contributed by atoms with Gasteiger partial charge in [0.15, 0.2) is 0 Å². The van der Waals surface area contributed by atoms with E-state index in [0.717, 1.165) is 36.5 Å². The third kappa shape index (κ3) is 5.47. The monoisotopic (exact) mass is 369 g/mol. The number of ether oxygens (including phenoxy) is 3. The molecule has 3 rings (SSSR count). The fourth-order valence-electron chi connectivity index (χ4n) is 3.04. The number of benzene rings is 2. The summed E-state index contributed by atoms with van der Waals surface area (Å²) >= 11 is 0. The number of aryl methyl sites for hydroxylation is 1. The maximum atomic E-state index is 12.5. The molecule has 0 saturated carbocycles. The predicted octanol–water partition coefficient (Wildman–Crippen LogP) is 3.88. The van der Waals surface area contributed by atoms with Crippen LogP contribution in [0.15, 0.2) is 42.5 Å². The average molecular weight is 369 g/mol. The fraction of sp³-hybridized carbons (Fsp3) is 0.409. The quantitative estimate of drug-likeness (QED) is 0.767. The molecule has 0 spiro atoms. The van der Waals surface area contributed by atoms with E-state index in [1.54, 1.807) is 6.07 Å². The molecule has 27 heavy (non-hydrogen) atoms. The standard InChI is InChI=1S/C22H27NO4/c1-3-25-21-11-8-17(22(24)23-14-20-5-4-12-26-20)13-18(21)15-27-19-9-6-16(2)7-10-19/h6-11,13,20H,3-5,12,14-15H2,1-2H3,(H,23,24). The summed E-state index contributed by atoms with van der Waals surface area (Å²) in [7, 11) is 0. The van der Waals surface area contributed by atoms with Gasteiger partial charge in [-0.1, -0.05) is 17.7 Å². The minimum Gasteiger partial charge on any atom is -0.493 e. The SMILES string of the molecule is CCOc1ccc(C(=O)NCC2CCCO2)cc1COc1ccc(C)cc1. The van der Waals surface area contributed by atoms with Gasteiger partial charge in [0, 0.05) is 24.3 Å². The Morgan fingerprint density at radius 1 is 1.19 bits per heavy atom. The lowest BCUT2D eigenvalue weighted by Crippen LogP contribution is -2.31. The van der Waals surface area contributed by atoms with Crippen LogP contribution >= 0.6 is 0 Å². The van der Waals surface area contributed by atoms with E-state index in [-0.39, 0.29) is 12.0 Å². The molecular weight excluding hydrogens is 342 g/mol. The average Bonchev–Trinajstić information content (AvgIpc) is 3.20.